The van der Waals surface area contributed by atoms with Gasteiger partial charge < -0.3 is 20.5 Å². The fourth-order valence-corrected chi connectivity index (χ4v) is 4.62. The lowest BCUT2D eigenvalue weighted by molar-refractivity contribution is 0.0734. The van der Waals surface area contributed by atoms with Crippen molar-refractivity contribution in [2.24, 2.45) is 0 Å². The van der Waals surface area contributed by atoms with Crippen molar-refractivity contribution in [2.45, 2.75) is 26.7 Å². The number of hydrogen-bond acceptors (Lipinski definition) is 5. The molecule has 0 aliphatic carbocycles. The van der Waals surface area contributed by atoms with Gasteiger partial charge in [-0.15, -0.1) is 0 Å². The minimum absolute atomic E-state index is 0.170. The smallest absolute Gasteiger partial charge is 0.343 e. The van der Waals surface area contributed by atoms with Crippen molar-refractivity contribution in [3.63, 3.8) is 0 Å². The third-order valence-electron chi connectivity index (χ3n) is 7.16. The fraction of sp³-hybridized carbons (Fsp3) is 0.108. The first kappa shape index (κ1) is 29.8. The first-order chi connectivity index (χ1) is 21.2. The van der Waals surface area contributed by atoms with E-state index in [0.717, 1.165) is 22.3 Å². The number of hydrogen-bond donors (Lipinski definition) is 3. The maximum Gasteiger partial charge on any atom is 0.343 e. The number of esters is 1. The third-order valence-corrected chi connectivity index (χ3v) is 7.16. The molecule has 0 bridgehead atoms. The number of carbonyl (C=O) groups excluding carboxylic acids is 3. The van der Waals surface area contributed by atoms with Crippen molar-refractivity contribution in [1.29, 1.82) is 0 Å². The van der Waals surface area contributed by atoms with E-state index in [2.05, 4.69) is 24.5 Å². The first-order valence-electron chi connectivity index (χ1n) is 14.2. The van der Waals surface area contributed by atoms with Crippen LogP contribution in [-0.2, 0) is 0 Å². The highest BCUT2D eigenvalue weighted by atomic mass is 16.5. The molecule has 5 rings (SSSR count). The normalized spacial score (nSPS) is 10.7. The van der Waals surface area contributed by atoms with Crippen LogP contribution in [0.15, 0.2) is 115 Å². The highest BCUT2D eigenvalue weighted by Gasteiger charge is 2.15. The standard InChI is InChI=1S/C37H32N2O5/c1-23(2)26-7-6-12-33(21-26)44-37(43)30-11-5-10-29(20-30)35(41)38-31-16-13-24(3)34(22-31)39-36(42)28-9-4-8-27(19-28)25-14-17-32(40)18-15-25/h4-23,40H,1-3H3,(H,38,41)(H,39,42). The molecule has 0 aliphatic rings. The molecule has 0 aromatic heterocycles. The summed E-state index contributed by atoms with van der Waals surface area (Å²) in [6.45, 7) is 5.99. The van der Waals surface area contributed by atoms with Gasteiger partial charge in [-0.2, -0.15) is 0 Å². The SMILES string of the molecule is Cc1ccc(NC(=O)c2cccc(C(=O)Oc3cccc(C(C)C)c3)c2)cc1NC(=O)c1cccc(-c2ccc(O)cc2)c1. The van der Waals surface area contributed by atoms with Crippen LogP contribution in [0.4, 0.5) is 11.4 Å². The number of phenolic OH excluding ortho intramolecular Hbond substituents is 1. The minimum Gasteiger partial charge on any atom is -0.508 e. The summed E-state index contributed by atoms with van der Waals surface area (Å²) in [5.41, 5.74) is 5.60. The Kier molecular flexibility index (Phi) is 8.86. The number of anilines is 2. The Morgan fingerprint density at radius 3 is 2.07 bits per heavy atom. The molecule has 0 unspecified atom stereocenters. The van der Waals surface area contributed by atoms with Gasteiger partial charge in [0.1, 0.15) is 11.5 Å². The van der Waals surface area contributed by atoms with Crippen molar-refractivity contribution in [2.75, 3.05) is 10.6 Å². The lowest BCUT2D eigenvalue weighted by Crippen LogP contribution is -2.16. The summed E-state index contributed by atoms with van der Waals surface area (Å²) in [6, 6.07) is 32.9. The Labute approximate surface area is 256 Å². The number of rotatable bonds is 8. The Hall–Kier alpha value is -5.69. The number of benzene rings is 5. The predicted octanol–water partition coefficient (Wildman–Crippen LogP) is 8.21. The minimum atomic E-state index is -0.560. The van der Waals surface area contributed by atoms with Gasteiger partial charge in [0.15, 0.2) is 0 Å². The van der Waals surface area contributed by atoms with Crippen LogP contribution in [0.2, 0.25) is 0 Å². The average molecular weight is 585 g/mol. The summed E-state index contributed by atoms with van der Waals surface area (Å²) in [5, 5.41) is 15.4. The summed E-state index contributed by atoms with van der Waals surface area (Å²) < 4.78 is 5.56. The largest absolute Gasteiger partial charge is 0.508 e. The molecule has 0 radical (unpaired) electrons. The van der Waals surface area contributed by atoms with E-state index < -0.39 is 11.9 Å². The second kappa shape index (κ2) is 13.1. The first-order valence-corrected chi connectivity index (χ1v) is 14.2. The average Bonchev–Trinajstić information content (AvgIpc) is 3.03. The summed E-state index contributed by atoms with van der Waals surface area (Å²) in [6.07, 6.45) is 0. The number of amides is 2. The molecular weight excluding hydrogens is 552 g/mol. The fourth-order valence-electron chi connectivity index (χ4n) is 4.62. The molecule has 0 atom stereocenters. The van der Waals surface area contributed by atoms with E-state index in [-0.39, 0.29) is 22.8 Å². The molecular formula is C37H32N2O5. The van der Waals surface area contributed by atoms with Gasteiger partial charge >= 0.3 is 5.97 Å². The molecule has 0 aliphatic heterocycles. The summed E-state index contributed by atoms with van der Waals surface area (Å²) in [5.74, 6) is -0.373. The number of aromatic hydroxyl groups is 1. The van der Waals surface area contributed by atoms with Crippen LogP contribution in [0.25, 0.3) is 11.1 Å². The van der Waals surface area contributed by atoms with E-state index in [1.54, 1.807) is 84.9 Å². The van der Waals surface area contributed by atoms with Crippen molar-refractivity contribution in [3.8, 4) is 22.6 Å². The summed E-state index contributed by atoms with van der Waals surface area (Å²) in [7, 11) is 0. The molecule has 220 valence electrons. The molecule has 2 amide bonds. The number of ether oxygens (including phenoxy) is 1. The van der Waals surface area contributed by atoms with Gasteiger partial charge in [-0.05, 0) is 102 Å². The Morgan fingerprint density at radius 2 is 1.32 bits per heavy atom. The molecule has 0 saturated carbocycles. The summed E-state index contributed by atoms with van der Waals surface area (Å²) >= 11 is 0. The zero-order chi connectivity index (χ0) is 31.2. The van der Waals surface area contributed by atoms with Gasteiger partial charge in [0.25, 0.3) is 11.8 Å². The van der Waals surface area contributed by atoms with Gasteiger partial charge in [0, 0.05) is 22.5 Å². The van der Waals surface area contributed by atoms with Crippen LogP contribution in [0.5, 0.6) is 11.5 Å². The van der Waals surface area contributed by atoms with E-state index in [1.807, 2.05) is 31.2 Å². The van der Waals surface area contributed by atoms with Crippen LogP contribution < -0.4 is 15.4 Å². The van der Waals surface area contributed by atoms with E-state index in [9.17, 15) is 19.5 Å². The lowest BCUT2D eigenvalue weighted by Gasteiger charge is -2.13. The quantitative estimate of drug-likeness (QED) is 0.126. The summed E-state index contributed by atoms with van der Waals surface area (Å²) in [4.78, 5) is 39.1. The van der Waals surface area contributed by atoms with Crippen LogP contribution in [0.1, 0.15) is 62.0 Å². The molecule has 44 heavy (non-hydrogen) atoms. The molecule has 5 aromatic carbocycles. The third kappa shape index (κ3) is 7.20. The van der Waals surface area contributed by atoms with Gasteiger partial charge in [0.2, 0.25) is 0 Å². The highest BCUT2D eigenvalue weighted by molar-refractivity contribution is 6.08. The number of phenols is 1. The van der Waals surface area contributed by atoms with Crippen molar-refractivity contribution in [1.82, 2.24) is 0 Å². The van der Waals surface area contributed by atoms with E-state index in [4.69, 9.17) is 4.74 Å². The van der Waals surface area contributed by atoms with E-state index in [0.29, 0.717) is 28.6 Å². The second-order valence-electron chi connectivity index (χ2n) is 10.8. The van der Waals surface area contributed by atoms with Crippen LogP contribution in [0, 0.1) is 6.92 Å². The molecule has 7 heteroatoms. The zero-order valence-corrected chi connectivity index (χ0v) is 24.6. The Morgan fingerprint density at radius 1 is 0.659 bits per heavy atom. The lowest BCUT2D eigenvalue weighted by atomic mass is 10.0. The van der Waals surface area contributed by atoms with Crippen LogP contribution >= 0.6 is 0 Å². The van der Waals surface area contributed by atoms with Crippen molar-refractivity contribution in [3.05, 3.63) is 143 Å². The molecule has 3 N–H and O–H groups in total. The van der Waals surface area contributed by atoms with E-state index in [1.165, 1.54) is 6.07 Å². The topological polar surface area (TPSA) is 105 Å². The van der Waals surface area contributed by atoms with Crippen LogP contribution in [-0.4, -0.2) is 22.9 Å². The Balaban J connectivity index is 1.27. The van der Waals surface area contributed by atoms with E-state index >= 15 is 0 Å². The van der Waals surface area contributed by atoms with Gasteiger partial charge in [-0.1, -0.05) is 62.4 Å². The number of carbonyl (C=O) groups is 3. The maximum atomic E-state index is 13.2. The van der Waals surface area contributed by atoms with Crippen molar-refractivity contribution < 1.29 is 24.2 Å². The predicted molar refractivity (Wildman–Crippen MR) is 173 cm³/mol. The molecule has 0 saturated heterocycles. The molecule has 7 nitrogen and oxygen atoms in total. The molecule has 0 heterocycles. The molecule has 0 fully saturated rings. The number of nitrogens with one attached hydrogen (secondary N) is 2. The zero-order valence-electron chi connectivity index (χ0n) is 24.6. The highest BCUT2D eigenvalue weighted by Crippen LogP contribution is 2.26. The van der Waals surface area contributed by atoms with Crippen LogP contribution in [0.3, 0.4) is 0 Å². The van der Waals surface area contributed by atoms with Crippen molar-refractivity contribution >= 4 is 29.2 Å². The Bertz CT molecular complexity index is 1840. The van der Waals surface area contributed by atoms with Gasteiger partial charge in [0.05, 0.1) is 5.56 Å². The van der Waals surface area contributed by atoms with Gasteiger partial charge in [-0.3, -0.25) is 9.59 Å². The number of aryl methyl sites for hydroxylation is 1. The maximum absolute atomic E-state index is 13.2. The monoisotopic (exact) mass is 584 g/mol. The molecule has 5 aromatic rings. The second-order valence-corrected chi connectivity index (χ2v) is 10.8. The molecule has 0 spiro atoms. The van der Waals surface area contributed by atoms with Gasteiger partial charge in [-0.25, -0.2) is 4.79 Å².